The minimum absolute atomic E-state index is 0.546. The second-order valence-corrected chi connectivity index (χ2v) is 11.1. The summed E-state index contributed by atoms with van der Waals surface area (Å²) in [5.41, 5.74) is 17.5. The van der Waals surface area contributed by atoms with Crippen molar-refractivity contribution >= 4 is 44.7 Å². The van der Waals surface area contributed by atoms with E-state index in [-0.39, 0.29) is 0 Å². The van der Waals surface area contributed by atoms with E-state index in [2.05, 4.69) is 137 Å². The molecular formula is C41H30N4. The SMILES string of the molecule is C=C(N=C(/C=C(\N)N1c2ccccc2-c2ccccc2-c2ccccc21)n1c2ccccc2c2ccccc21)c1ccccc1. The maximum Gasteiger partial charge on any atom is 0.141 e. The third-order valence-electron chi connectivity index (χ3n) is 8.50. The van der Waals surface area contributed by atoms with E-state index in [0.29, 0.717) is 17.4 Å². The minimum atomic E-state index is 0.546. The van der Waals surface area contributed by atoms with Gasteiger partial charge < -0.3 is 5.73 Å². The van der Waals surface area contributed by atoms with Gasteiger partial charge in [-0.25, -0.2) is 4.99 Å². The van der Waals surface area contributed by atoms with Gasteiger partial charge >= 0.3 is 0 Å². The molecule has 0 saturated heterocycles. The highest BCUT2D eigenvalue weighted by Crippen LogP contribution is 2.48. The first-order valence-corrected chi connectivity index (χ1v) is 15.1. The third kappa shape index (κ3) is 4.43. The topological polar surface area (TPSA) is 46.5 Å². The van der Waals surface area contributed by atoms with Crippen molar-refractivity contribution in [3.8, 4) is 22.3 Å². The van der Waals surface area contributed by atoms with Gasteiger partial charge in [0.25, 0.3) is 0 Å². The number of hydrogen-bond acceptors (Lipinski definition) is 3. The van der Waals surface area contributed by atoms with Crippen molar-refractivity contribution in [1.29, 1.82) is 0 Å². The van der Waals surface area contributed by atoms with Crippen LogP contribution in [-0.4, -0.2) is 10.4 Å². The Balaban J connectivity index is 1.40. The standard InChI is InChI=1S/C41H30N4/c1-28(29-15-3-2-4-16-29)43-41(45-38-25-13-9-21-34(38)35-22-10-14-26-39(35)45)27-40(42)44-36-23-11-7-19-32(36)30-17-5-6-18-31(30)33-20-8-12-24-37(33)44/h2-27H,1,42H2/b40-27+,43-41?. The summed E-state index contributed by atoms with van der Waals surface area (Å²) < 4.78 is 2.19. The molecule has 2 N–H and O–H groups in total. The van der Waals surface area contributed by atoms with Crippen molar-refractivity contribution in [3.63, 3.8) is 0 Å². The summed E-state index contributed by atoms with van der Waals surface area (Å²) >= 11 is 0. The van der Waals surface area contributed by atoms with E-state index in [1.807, 2.05) is 36.4 Å². The zero-order valence-corrected chi connectivity index (χ0v) is 24.6. The van der Waals surface area contributed by atoms with Gasteiger partial charge in [-0.1, -0.05) is 134 Å². The lowest BCUT2D eigenvalue weighted by atomic mass is 9.95. The number of aliphatic imine (C=N–C) groups is 1. The largest absolute Gasteiger partial charge is 0.385 e. The van der Waals surface area contributed by atoms with Crippen LogP contribution in [-0.2, 0) is 0 Å². The molecule has 0 spiro atoms. The van der Waals surface area contributed by atoms with Crippen molar-refractivity contribution in [3.05, 3.63) is 176 Å². The van der Waals surface area contributed by atoms with Gasteiger partial charge in [-0.05, 0) is 41.0 Å². The fourth-order valence-electron chi connectivity index (χ4n) is 6.50. The Morgan fingerprint density at radius 1 is 0.533 bits per heavy atom. The molecule has 6 aromatic carbocycles. The summed E-state index contributed by atoms with van der Waals surface area (Å²) in [6.45, 7) is 4.38. The van der Waals surface area contributed by atoms with Gasteiger partial charge in [0.2, 0.25) is 0 Å². The lowest BCUT2D eigenvalue weighted by Crippen LogP contribution is -2.25. The van der Waals surface area contributed by atoms with Gasteiger partial charge in [-0.3, -0.25) is 9.47 Å². The highest BCUT2D eigenvalue weighted by Gasteiger charge is 2.26. The number of fused-ring (bicyclic) bond motifs is 8. The predicted octanol–water partition coefficient (Wildman–Crippen LogP) is 10.00. The summed E-state index contributed by atoms with van der Waals surface area (Å²) in [5.74, 6) is 1.22. The fraction of sp³-hybridized carbons (Fsp3) is 0. The molecule has 0 aliphatic carbocycles. The first-order chi connectivity index (χ1) is 22.2. The number of aromatic nitrogens is 1. The van der Waals surface area contributed by atoms with Gasteiger partial charge in [0.15, 0.2) is 0 Å². The molecular weight excluding hydrogens is 548 g/mol. The molecule has 0 saturated carbocycles. The number of hydrogen-bond donors (Lipinski definition) is 1. The maximum atomic E-state index is 7.26. The molecule has 0 unspecified atom stereocenters. The molecule has 0 atom stereocenters. The van der Waals surface area contributed by atoms with E-state index in [1.54, 1.807) is 0 Å². The predicted molar refractivity (Wildman–Crippen MR) is 189 cm³/mol. The first kappa shape index (κ1) is 26.5. The number of nitrogens with zero attached hydrogens (tertiary/aromatic N) is 3. The van der Waals surface area contributed by atoms with Crippen molar-refractivity contribution in [2.75, 3.05) is 4.90 Å². The quantitative estimate of drug-likeness (QED) is 0.167. The molecule has 1 aliphatic rings. The van der Waals surface area contributed by atoms with Crippen LogP contribution in [0.4, 0.5) is 11.4 Å². The Hall–Kier alpha value is -6.13. The summed E-state index contributed by atoms with van der Waals surface area (Å²) in [5, 5.41) is 2.30. The summed E-state index contributed by atoms with van der Waals surface area (Å²) in [6.07, 6.45) is 1.98. The van der Waals surface area contributed by atoms with E-state index < -0.39 is 0 Å². The molecule has 0 radical (unpaired) electrons. The van der Waals surface area contributed by atoms with Gasteiger partial charge in [0.05, 0.1) is 28.1 Å². The Bertz CT molecular complexity index is 2190. The van der Waals surface area contributed by atoms with Gasteiger partial charge in [0, 0.05) is 28.0 Å². The summed E-state index contributed by atoms with van der Waals surface area (Å²) in [7, 11) is 0. The van der Waals surface area contributed by atoms with Crippen LogP contribution in [0.2, 0.25) is 0 Å². The van der Waals surface area contributed by atoms with E-state index in [4.69, 9.17) is 10.7 Å². The molecule has 7 aromatic rings. The molecule has 0 amide bonds. The molecule has 8 rings (SSSR count). The number of allylic oxidation sites excluding steroid dienone is 1. The van der Waals surface area contributed by atoms with Crippen LogP contribution >= 0.6 is 0 Å². The second-order valence-electron chi connectivity index (χ2n) is 11.1. The second kappa shape index (κ2) is 10.9. The number of rotatable bonds is 4. The maximum absolute atomic E-state index is 7.26. The summed E-state index contributed by atoms with van der Waals surface area (Å²) in [6, 6.07) is 52.4. The van der Waals surface area contributed by atoms with E-state index in [1.165, 1.54) is 11.1 Å². The summed E-state index contributed by atoms with van der Waals surface area (Å²) in [4.78, 5) is 7.35. The molecule has 4 heteroatoms. The molecule has 45 heavy (non-hydrogen) atoms. The lowest BCUT2D eigenvalue weighted by Gasteiger charge is -2.27. The number of anilines is 2. The van der Waals surface area contributed by atoms with Crippen LogP contribution in [0.25, 0.3) is 49.8 Å². The third-order valence-corrected chi connectivity index (χ3v) is 8.50. The van der Waals surface area contributed by atoms with Gasteiger partial charge in [-0.15, -0.1) is 0 Å². The number of para-hydroxylation sites is 4. The van der Waals surface area contributed by atoms with Crippen molar-refractivity contribution in [1.82, 2.24) is 4.57 Å². The zero-order chi connectivity index (χ0) is 30.3. The Labute approximate surface area is 262 Å². The highest BCUT2D eigenvalue weighted by atomic mass is 15.2. The highest BCUT2D eigenvalue weighted by molar-refractivity contribution is 6.17. The van der Waals surface area contributed by atoms with Gasteiger partial charge in [0.1, 0.15) is 11.7 Å². The van der Waals surface area contributed by atoms with Crippen LogP contribution in [0.15, 0.2) is 175 Å². The van der Waals surface area contributed by atoms with Crippen LogP contribution in [0.3, 0.4) is 0 Å². The molecule has 214 valence electrons. The Kier molecular flexibility index (Phi) is 6.39. The average Bonchev–Trinajstić information content (AvgIpc) is 3.37. The Morgan fingerprint density at radius 3 is 1.53 bits per heavy atom. The van der Waals surface area contributed by atoms with Crippen LogP contribution in [0, 0.1) is 0 Å². The average molecular weight is 579 g/mol. The smallest absolute Gasteiger partial charge is 0.141 e. The molecule has 0 bridgehead atoms. The van der Waals surface area contributed by atoms with Crippen LogP contribution in [0.5, 0.6) is 0 Å². The lowest BCUT2D eigenvalue weighted by molar-refractivity contribution is 1.12. The van der Waals surface area contributed by atoms with Crippen molar-refractivity contribution in [2.24, 2.45) is 10.7 Å². The normalized spacial score (nSPS) is 12.8. The zero-order valence-electron chi connectivity index (χ0n) is 24.6. The minimum Gasteiger partial charge on any atom is -0.385 e. The number of benzene rings is 6. The fourth-order valence-corrected chi connectivity index (χ4v) is 6.50. The molecule has 4 nitrogen and oxygen atoms in total. The molecule has 1 aromatic heterocycles. The van der Waals surface area contributed by atoms with Crippen LogP contribution < -0.4 is 10.6 Å². The molecule has 0 fully saturated rings. The Morgan fingerprint density at radius 2 is 0.978 bits per heavy atom. The monoisotopic (exact) mass is 578 g/mol. The van der Waals surface area contributed by atoms with E-state index in [9.17, 15) is 0 Å². The van der Waals surface area contributed by atoms with Gasteiger partial charge in [-0.2, -0.15) is 0 Å². The first-order valence-electron chi connectivity index (χ1n) is 15.1. The van der Waals surface area contributed by atoms with Crippen molar-refractivity contribution < 1.29 is 0 Å². The molecule has 1 aliphatic heterocycles. The van der Waals surface area contributed by atoms with Crippen molar-refractivity contribution in [2.45, 2.75) is 0 Å². The van der Waals surface area contributed by atoms with Crippen LogP contribution in [0.1, 0.15) is 5.56 Å². The number of nitrogens with two attached hydrogens (primary N) is 1. The van der Waals surface area contributed by atoms with E-state index >= 15 is 0 Å². The molecule has 2 heterocycles. The van der Waals surface area contributed by atoms with E-state index in [0.717, 1.165) is 49.9 Å².